The van der Waals surface area contributed by atoms with E-state index in [9.17, 15) is 5.11 Å². The van der Waals surface area contributed by atoms with Crippen LogP contribution in [0, 0.1) is 0 Å². The topological polar surface area (TPSA) is 38.7 Å². The lowest BCUT2D eigenvalue weighted by molar-refractivity contribution is 0.283. The summed E-state index contributed by atoms with van der Waals surface area (Å²) in [6.45, 7) is 7.05. The third-order valence-electron chi connectivity index (χ3n) is 4.35. The Morgan fingerprint density at radius 1 is 0.880 bits per heavy atom. The van der Waals surface area contributed by atoms with Crippen LogP contribution in [0.1, 0.15) is 57.6 Å². The second-order valence-electron chi connectivity index (χ2n) is 6.22. The van der Waals surface area contributed by atoms with Crippen LogP contribution in [0.4, 0.5) is 0 Å². The zero-order valence-corrected chi connectivity index (χ0v) is 15.7. The van der Waals surface area contributed by atoms with E-state index in [-0.39, 0.29) is 5.75 Å². The lowest BCUT2D eigenvalue weighted by Gasteiger charge is -2.19. The molecule has 0 saturated carbocycles. The van der Waals surface area contributed by atoms with E-state index < -0.39 is 0 Å². The highest BCUT2D eigenvalue weighted by atomic mass is 16.5. The Kier molecular flexibility index (Phi) is 7.65. The maximum atomic E-state index is 10.5. The summed E-state index contributed by atoms with van der Waals surface area (Å²) in [5.41, 5.74) is 2.24. The third kappa shape index (κ3) is 5.15. The number of ether oxygens (including phenoxy) is 2. The number of phenolic OH excluding ortho intramolecular Hbond substituents is 1. The number of aromatic hydroxyl groups is 1. The second-order valence-corrected chi connectivity index (χ2v) is 6.22. The Hall–Kier alpha value is -2.16. The van der Waals surface area contributed by atoms with Gasteiger partial charge in [0.2, 0.25) is 5.75 Å². The first kappa shape index (κ1) is 19.2. The standard InChI is InChI=1S/C22H30O3/c1-4-7-8-12-15-24-21-19(6-3)17(5-2)16-20(23)22(21)25-18-13-10-9-11-14-18/h9-11,13-14,16,23H,4-8,12,15H2,1-3H3. The molecule has 0 aliphatic rings. The van der Waals surface area contributed by atoms with Gasteiger partial charge in [0.15, 0.2) is 11.5 Å². The smallest absolute Gasteiger partial charge is 0.211 e. The first-order valence-electron chi connectivity index (χ1n) is 9.44. The molecule has 0 amide bonds. The zero-order valence-electron chi connectivity index (χ0n) is 15.7. The molecule has 3 heteroatoms. The van der Waals surface area contributed by atoms with Crippen molar-refractivity contribution in [3.05, 3.63) is 47.5 Å². The molecule has 2 rings (SSSR count). The van der Waals surface area contributed by atoms with Crippen LogP contribution in [-0.2, 0) is 12.8 Å². The molecule has 0 fully saturated rings. The highest BCUT2D eigenvalue weighted by Crippen LogP contribution is 2.44. The Labute approximate surface area is 151 Å². The van der Waals surface area contributed by atoms with Crippen molar-refractivity contribution in [3.63, 3.8) is 0 Å². The monoisotopic (exact) mass is 342 g/mol. The number of unbranched alkanes of at least 4 members (excludes halogenated alkanes) is 3. The summed E-state index contributed by atoms with van der Waals surface area (Å²) in [6, 6.07) is 11.3. The minimum absolute atomic E-state index is 0.140. The predicted molar refractivity (Wildman–Crippen MR) is 103 cm³/mol. The van der Waals surface area contributed by atoms with Gasteiger partial charge in [-0.1, -0.05) is 58.2 Å². The fourth-order valence-corrected chi connectivity index (χ4v) is 2.98. The van der Waals surface area contributed by atoms with Crippen LogP contribution in [0.25, 0.3) is 0 Å². The Balaban J connectivity index is 2.31. The highest BCUT2D eigenvalue weighted by molar-refractivity contribution is 5.60. The Bertz CT molecular complexity index is 650. The summed E-state index contributed by atoms with van der Waals surface area (Å²) in [6.07, 6.45) is 6.30. The van der Waals surface area contributed by atoms with E-state index in [0.29, 0.717) is 23.9 Å². The average molecular weight is 342 g/mol. The molecule has 3 nitrogen and oxygen atoms in total. The van der Waals surface area contributed by atoms with E-state index in [4.69, 9.17) is 9.47 Å². The molecule has 0 spiro atoms. The van der Waals surface area contributed by atoms with Crippen LogP contribution >= 0.6 is 0 Å². The van der Waals surface area contributed by atoms with Gasteiger partial charge in [0.05, 0.1) is 6.61 Å². The molecule has 0 atom stereocenters. The van der Waals surface area contributed by atoms with Crippen LogP contribution in [0.15, 0.2) is 36.4 Å². The predicted octanol–water partition coefficient (Wildman–Crippen LogP) is 6.27. The number of benzene rings is 2. The number of aryl methyl sites for hydroxylation is 1. The van der Waals surface area contributed by atoms with E-state index >= 15 is 0 Å². The summed E-state index contributed by atoms with van der Waals surface area (Å²) in [5.74, 6) is 1.96. The second kappa shape index (κ2) is 9.97. The lowest BCUT2D eigenvalue weighted by Crippen LogP contribution is -2.05. The van der Waals surface area contributed by atoms with Gasteiger partial charge in [-0.3, -0.25) is 0 Å². The molecule has 0 saturated heterocycles. The molecule has 25 heavy (non-hydrogen) atoms. The molecule has 0 radical (unpaired) electrons. The number of para-hydroxylation sites is 1. The van der Waals surface area contributed by atoms with Gasteiger partial charge in [0, 0.05) is 5.56 Å². The molecule has 2 aromatic carbocycles. The highest BCUT2D eigenvalue weighted by Gasteiger charge is 2.20. The normalized spacial score (nSPS) is 10.7. The van der Waals surface area contributed by atoms with Gasteiger partial charge < -0.3 is 14.6 Å². The van der Waals surface area contributed by atoms with Gasteiger partial charge in [-0.05, 0) is 43.0 Å². The Morgan fingerprint density at radius 3 is 2.28 bits per heavy atom. The fourth-order valence-electron chi connectivity index (χ4n) is 2.98. The number of phenols is 1. The van der Waals surface area contributed by atoms with Gasteiger partial charge in [-0.25, -0.2) is 0 Å². The van der Waals surface area contributed by atoms with Gasteiger partial charge in [-0.2, -0.15) is 0 Å². The van der Waals surface area contributed by atoms with Gasteiger partial charge in [0.25, 0.3) is 0 Å². The maximum absolute atomic E-state index is 10.5. The van der Waals surface area contributed by atoms with Crippen LogP contribution < -0.4 is 9.47 Å². The fraction of sp³-hybridized carbons (Fsp3) is 0.455. The molecule has 0 aliphatic carbocycles. The van der Waals surface area contributed by atoms with Gasteiger partial charge in [-0.15, -0.1) is 0 Å². The molecule has 0 heterocycles. The number of rotatable bonds is 10. The van der Waals surface area contributed by atoms with Crippen molar-refractivity contribution < 1.29 is 14.6 Å². The van der Waals surface area contributed by atoms with E-state index in [0.717, 1.165) is 36.8 Å². The van der Waals surface area contributed by atoms with E-state index in [1.807, 2.05) is 30.3 Å². The average Bonchev–Trinajstić information content (AvgIpc) is 2.64. The molecular formula is C22H30O3. The van der Waals surface area contributed by atoms with Crippen molar-refractivity contribution in [2.45, 2.75) is 59.3 Å². The first-order chi connectivity index (χ1) is 12.2. The van der Waals surface area contributed by atoms with Crippen molar-refractivity contribution in [1.82, 2.24) is 0 Å². The number of hydrogen-bond acceptors (Lipinski definition) is 3. The van der Waals surface area contributed by atoms with Gasteiger partial charge >= 0.3 is 0 Å². The van der Waals surface area contributed by atoms with Crippen molar-refractivity contribution >= 4 is 0 Å². The third-order valence-corrected chi connectivity index (χ3v) is 4.35. The van der Waals surface area contributed by atoms with Crippen molar-refractivity contribution in [3.8, 4) is 23.0 Å². The molecule has 136 valence electrons. The molecule has 0 unspecified atom stereocenters. The van der Waals surface area contributed by atoms with Crippen LogP contribution in [0.5, 0.6) is 23.0 Å². The summed E-state index contributed by atoms with van der Waals surface area (Å²) in [4.78, 5) is 0. The zero-order chi connectivity index (χ0) is 18.1. The minimum Gasteiger partial charge on any atom is -0.504 e. The summed E-state index contributed by atoms with van der Waals surface area (Å²) in [7, 11) is 0. The van der Waals surface area contributed by atoms with Crippen molar-refractivity contribution in [2.75, 3.05) is 6.61 Å². The summed E-state index contributed by atoms with van der Waals surface area (Å²) < 4.78 is 12.1. The Morgan fingerprint density at radius 2 is 1.64 bits per heavy atom. The molecule has 0 bridgehead atoms. The van der Waals surface area contributed by atoms with Crippen LogP contribution in [-0.4, -0.2) is 11.7 Å². The summed E-state index contributed by atoms with van der Waals surface area (Å²) in [5, 5.41) is 10.5. The van der Waals surface area contributed by atoms with Crippen LogP contribution in [0.3, 0.4) is 0 Å². The van der Waals surface area contributed by atoms with E-state index in [2.05, 4.69) is 20.8 Å². The molecular weight excluding hydrogens is 312 g/mol. The van der Waals surface area contributed by atoms with E-state index in [1.165, 1.54) is 12.8 Å². The molecule has 0 aromatic heterocycles. The van der Waals surface area contributed by atoms with E-state index in [1.54, 1.807) is 6.07 Å². The molecule has 2 aromatic rings. The molecule has 1 N–H and O–H groups in total. The number of hydrogen-bond donors (Lipinski definition) is 1. The SMILES string of the molecule is CCCCCCOc1c(CC)c(CC)cc(O)c1Oc1ccccc1. The quantitative estimate of drug-likeness (QED) is 0.517. The maximum Gasteiger partial charge on any atom is 0.211 e. The van der Waals surface area contributed by atoms with Crippen molar-refractivity contribution in [1.29, 1.82) is 0 Å². The van der Waals surface area contributed by atoms with Crippen LogP contribution in [0.2, 0.25) is 0 Å². The van der Waals surface area contributed by atoms with Gasteiger partial charge in [0.1, 0.15) is 5.75 Å². The minimum atomic E-state index is 0.140. The lowest BCUT2D eigenvalue weighted by atomic mass is 10.0. The summed E-state index contributed by atoms with van der Waals surface area (Å²) >= 11 is 0. The molecule has 0 aliphatic heterocycles. The largest absolute Gasteiger partial charge is 0.504 e. The van der Waals surface area contributed by atoms with Crippen molar-refractivity contribution in [2.24, 2.45) is 0 Å². The first-order valence-corrected chi connectivity index (χ1v) is 9.44.